The number of benzene rings is 1. The number of rotatable bonds is 5. The van der Waals surface area contributed by atoms with Crippen molar-refractivity contribution in [3.63, 3.8) is 0 Å². The van der Waals surface area contributed by atoms with Gasteiger partial charge >= 0.3 is 0 Å². The number of nitrogens with zero attached hydrogens (tertiary/aromatic N) is 4. The second-order valence-electron chi connectivity index (χ2n) is 7.41. The monoisotopic (exact) mass is 363 g/mol. The van der Waals surface area contributed by atoms with Gasteiger partial charge in [0.15, 0.2) is 0 Å². The van der Waals surface area contributed by atoms with E-state index in [2.05, 4.69) is 30.9 Å². The fourth-order valence-corrected chi connectivity index (χ4v) is 3.72. The lowest BCUT2D eigenvalue weighted by Crippen LogP contribution is -2.25. The first-order valence-electron chi connectivity index (χ1n) is 9.39. The van der Waals surface area contributed by atoms with Gasteiger partial charge in [-0.25, -0.2) is 15.0 Å². The zero-order valence-corrected chi connectivity index (χ0v) is 15.1. The molecule has 7 heteroatoms. The van der Waals surface area contributed by atoms with Gasteiger partial charge in [0, 0.05) is 36.7 Å². The van der Waals surface area contributed by atoms with Crippen molar-refractivity contribution in [3.8, 4) is 17.0 Å². The molecule has 1 aromatic carbocycles. The molecule has 3 heterocycles. The molecule has 2 aromatic heterocycles. The van der Waals surface area contributed by atoms with E-state index in [1.165, 1.54) is 12.8 Å². The smallest absolute Gasteiger partial charge is 0.220 e. The summed E-state index contributed by atoms with van der Waals surface area (Å²) < 4.78 is 8.62. The molecule has 1 aliphatic carbocycles. The van der Waals surface area contributed by atoms with Crippen LogP contribution in [0.1, 0.15) is 32.2 Å². The van der Waals surface area contributed by atoms with Crippen molar-refractivity contribution in [1.29, 1.82) is 0 Å². The summed E-state index contributed by atoms with van der Waals surface area (Å²) >= 11 is 0. The molecule has 2 atom stereocenters. The van der Waals surface area contributed by atoms with Gasteiger partial charge in [0.05, 0.1) is 17.5 Å². The lowest BCUT2D eigenvalue weighted by atomic mass is 10.0. The molecule has 2 aliphatic rings. The number of ether oxygens (including phenoxy) is 1. The Morgan fingerprint density at radius 2 is 2.19 bits per heavy atom. The van der Waals surface area contributed by atoms with Crippen LogP contribution in [-0.4, -0.2) is 38.1 Å². The van der Waals surface area contributed by atoms with Crippen molar-refractivity contribution < 1.29 is 9.53 Å². The number of carbonyl (C=O) groups is 1. The zero-order chi connectivity index (χ0) is 18.4. The van der Waals surface area contributed by atoms with E-state index >= 15 is 0 Å². The topological polar surface area (TPSA) is 81.9 Å². The average Bonchev–Trinajstić information content (AvgIpc) is 3.28. The summed E-state index contributed by atoms with van der Waals surface area (Å²) in [6, 6.07) is 6.47. The predicted octanol–water partition coefficient (Wildman–Crippen LogP) is 2.73. The van der Waals surface area contributed by atoms with Crippen LogP contribution in [0.5, 0.6) is 5.75 Å². The third-order valence-electron chi connectivity index (χ3n) is 5.44. The van der Waals surface area contributed by atoms with Crippen LogP contribution >= 0.6 is 0 Å². The van der Waals surface area contributed by atoms with E-state index in [4.69, 9.17) is 4.74 Å². The number of aromatic nitrogens is 4. The maximum absolute atomic E-state index is 11.6. The summed E-state index contributed by atoms with van der Waals surface area (Å²) in [6.45, 7) is 2.70. The molecule has 1 aliphatic heterocycles. The first kappa shape index (κ1) is 16.2. The van der Waals surface area contributed by atoms with Crippen LogP contribution in [-0.2, 0) is 4.79 Å². The summed E-state index contributed by atoms with van der Waals surface area (Å²) in [6.07, 6.45) is 7.97. The van der Waals surface area contributed by atoms with E-state index in [1.807, 2.05) is 25.4 Å². The number of fused-ring (bicyclic) bond motifs is 1. The summed E-state index contributed by atoms with van der Waals surface area (Å²) in [7, 11) is 0. The molecule has 0 radical (unpaired) electrons. The molecule has 1 amide bonds. The summed E-state index contributed by atoms with van der Waals surface area (Å²) in [5.41, 5.74) is 3.72. The molecule has 3 aromatic rings. The molecule has 138 valence electrons. The minimum Gasteiger partial charge on any atom is -0.488 e. The van der Waals surface area contributed by atoms with Crippen molar-refractivity contribution >= 4 is 16.9 Å². The van der Waals surface area contributed by atoms with E-state index in [0.717, 1.165) is 28.0 Å². The number of hydrogen-bond donors (Lipinski definition) is 1. The molecule has 0 spiro atoms. The Bertz CT molecular complexity index is 996. The van der Waals surface area contributed by atoms with Gasteiger partial charge in [-0.15, -0.1) is 0 Å². The molecule has 1 saturated carbocycles. The van der Waals surface area contributed by atoms with Gasteiger partial charge in [-0.2, -0.15) is 0 Å². The van der Waals surface area contributed by atoms with Crippen molar-refractivity contribution in [1.82, 2.24) is 24.8 Å². The van der Waals surface area contributed by atoms with E-state index in [9.17, 15) is 4.79 Å². The Kier molecular flexibility index (Phi) is 3.81. The van der Waals surface area contributed by atoms with E-state index in [1.54, 1.807) is 12.5 Å². The molecule has 27 heavy (non-hydrogen) atoms. The summed E-state index contributed by atoms with van der Waals surface area (Å²) in [4.78, 5) is 24.6. The Labute approximate surface area is 156 Å². The van der Waals surface area contributed by atoms with E-state index in [0.29, 0.717) is 19.0 Å². The molecule has 2 fully saturated rings. The van der Waals surface area contributed by atoms with Crippen LogP contribution in [0.2, 0.25) is 0 Å². The second kappa shape index (κ2) is 6.33. The highest BCUT2D eigenvalue weighted by Gasteiger charge is 2.30. The molecule has 1 saturated heterocycles. The van der Waals surface area contributed by atoms with Gasteiger partial charge < -0.3 is 14.6 Å². The fourth-order valence-electron chi connectivity index (χ4n) is 3.72. The normalized spacial score (nSPS) is 20.6. The third kappa shape index (κ3) is 3.03. The van der Waals surface area contributed by atoms with Gasteiger partial charge in [-0.1, -0.05) is 0 Å². The first-order chi connectivity index (χ1) is 13.2. The quantitative estimate of drug-likeness (QED) is 0.754. The minimum absolute atomic E-state index is 0.0737. The number of carbonyl (C=O) groups excluding carboxylic acids is 1. The van der Waals surface area contributed by atoms with E-state index < -0.39 is 0 Å². The third-order valence-corrected chi connectivity index (χ3v) is 5.44. The van der Waals surface area contributed by atoms with Crippen LogP contribution in [0.4, 0.5) is 0 Å². The zero-order valence-electron chi connectivity index (χ0n) is 15.1. The Hall–Kier alpha value is -2.96. The molecule has 0 bridgehead atoms. The van der Waals surface area contributed by atoms with Crippen LogP contribution in [0.25, 0.3) is 22.3 Å². The molecular formula is C20H21N5O2. The van der Waals surface area contributed by atoms with Gasteiger partial charge in [0.1, 0.15) is 23.7 Å². The Morgan fingerprint density at radius 1 is 1.30 bits per heavy atom. The van der Waals surface area contributed by atoms with Crippen molar-refractivity contribution in [2.45, 2.75) is 38.3 Å². The number of imidazole rings is 1. The van der Waals surface area contributed by atoms with Crippen LogP contribution in [0.3, 0.4) is 0 Å². The molecule has 7 nitrogen and oxygen atoms in total. The number of hydrogen-bond acceptors (Lipinski definition) is 5. The minimum atomic E-state index is -0.0737. The second-order valence-corrected chi connectivity index (χ2v) is 7.41. The lowest BCUT2D eigenvalue weighted by molar-refractivity contribution is -0.119. The standard InChI is InChI=1S/C20H21N5O2/c1-12(14-8-19(26)22-9-14)27-18-7-13(16-4-5-21-10-23-16)6-17-20(18)25(11-24-17)15-2-3-15/h4-7,10-12,14-15H,2-3,8-9H2,1H3,(H,22,26). The SMILES string of the molecule is CC(Oc1cc(-c2ccncn2)cc2ncn(C3CC3)c12)C1CNC(=O)C1. The molecule has 2 unspecified atom stereocenters. The molecule has 5 rings (SSSR count). The van der Waals surface area contributed by atoms with Crippen LogP contribution in [0.15, 0.2) is 37.1 Å². The van der Waals surface area contributed by atoms with Gasteiger partial charge in [0.2, 0.25) is 5.91 Å². The maximum Gasteiger partial charge on any atom is 0.220 e. The fraction of sp³-hybridized carbons (Fsp3) is 0.400. The van der Waals surface area contributed by atoms with Gasteiger partial charge in [-0.3, -0.25) is 4.79 Å². The van der Waals surface area contributed by atoms with E-state index in [-0.39, 0.29) is 17.9 Å². The van der Waals surface area contributed by atoms with Crippen molar-refractivity contribution in [3.05, 3.63) is 37.1 Å². The highest BCUT2D eigenvalue weighted by atomic mass is 16.5. The molecule has 1 N–H and O–H groups in total. The highest BCUT2D eigenvalue weighted by molar-refractivity contribution is 5.87. The summed E-state index contributed by atoms with van der Waals surface area (Å²) in [5.74, 6) is 1.07. The number of nitrogens with one attached hydrogen (secondary N) is 1. The average molecular weight is 363 g/mol. The molecular weight excluding hydrogens is 342 g/mol. The Balaban J connectivity index is 1.57. The Morgan fingerprint density at radius 3 is 2.89 bits per heavy atom. The largest absolute Gasteiger partial charge is 0.488 e. The van der Waals surface area contributed by atoms with Crippen LogP contribution in [0, 0.1) is 5.92 Å². The maximum atomic E-state index is 11.6. The van der Waals surface area contributed by atoms with Gasteiger partial charge in [0.25, 0.3) is 0 Å². The van der Waals surface area contributed by atoms with Crippen molar-refractivity contribution in [2.75, 3.05) is 6.54 Å². The van der Waals surface area contributed by atoms with Gasteiger partial charge in [-0.05, 0) is 38.0 Å². The highest BCUT2D eigenvalue weighted by Crippen LogP contribution is 2.41. The predicted molar refractivity (Wildman–Crippen MR) is 100 cm³/mol. The lowest BCUT2D eigenvalue weighted by Gasteiger charge is -2.21. The summed E-state index contributed by atoms with van der Waals surface area (Å²) in [5, 5.41) is 2.89. The first-order valence-corrected chi connectivity index (χ1v) is 9.39. The van der Waals surface area contributed by atoms with Crippen LogP contribution < -0.4 is 10.1 Å². The number of amides is 1. The van der Waals surface area contributed by atoms with Crippen molar-refractivity contribution in [2.24, 2.45) is 5.92 Å².